The highest BCUT2D eigenvalue weighted by atomic mass is 16.1. The molecular weight excluding hydrogens is 376 g/mol. The largest absolute Gasteiger partial charge is 0.359 e. The molecule has 7 heteroatoms. The molecule has 1 aromatic carbocycles. The molecule has 0 spiro atoms. The summed E-state index contributed by atoms with van der Waals surface area (Å²) in [5.41, 5.74) is 3.46. The molecule has 0 radical (unpaired) electrons. The number of rotatable bonds is 7. The highest BCUT2D eigenvalue weighted by Gasteiger charge is 2.22. The normalized spacial score (nSPS) is 15.3. The maximum Gasteiger partial charge on any atom is 0.220 e. The van der Waals surface area contributed by atoms with Gasteiger partial charge >= 0.3 is 0 Å². The number of aryl methyl sites for hydroxylation is 2. The predicted octanol–water partition coefficient (Wildman–Crippen LogP) is 2.54. The minimum Gasteiger partial charge on any atom is -0.359 e. The number of hydrogen-bond donors (Lipinski definition) is 2. The van der Waals surface area contributed by atoms with Crippen LogP contribution in [-0.4, -0.2) is 60.3 Å². The molecule has 2 heterocycles. The lowest BCUT2D eigenvalue weighted by Crippen LogP contribution is -2.46. The van der Waals surface area contributed by atoms with Gasteiger partial charge in [-0.3, -0.25) is 9.79 Å². The van der Waals surface area contributed by atoms with Crippen LogP contribution in [0, 0.1) is 12.8 Å². The Morgan fingerprint density at radius 3 is 2.63 bits per heavy atom. The van der Waals surface area contributed by atoms with Crippen LogP contribution >= 0.6 is 0 Å². The SMILES string of the molecule is CN=C(NCCCc1cn(-c2ccccc2)nc1C)N1CCC(CC(=O)NC)CC1. The van der Waals surface area contributed by atoms with Crippen molar-refractivity contribution in [3.63, 3.8) is 0 Å². The summed E-state index contributed by atoms with van der Waals surface area (Å²) in [5, 5.41) is 10.9. The van der Waals surface area contributed by atoms with Crippen LogP contribution in [0.25, 0.3) is 5.69 Å². The molecular formula is C23H34N6O. The summed E-state index contributed by atoms with van der Waals surface area (Å²) in [7, 11) is 3.55. The van der Waals surface area contributed by atoms with E-state index in [1.165, 1.54) is 5.56 Å². The number of aliphatic imine (C=N–C) groups is 1. The van der Waals surface area contributed by atoms with Gasteiger partial charge in [-0.2, -0.15) is 5.10 Å². The summed E-state index contributed by atoms with van der Waals surface area (Å²) in [4.78, 5) is 18.3. The molecule has 30 heavy (non-hydrogen) atoms. The number of carbonyl (C=O) groups is 1. The molecule has 2 N–H and O–H groups in total. The molecule has 1 amide bonds. The number of piperidine rings is 1. The number of benzene rings is 1. The first-order chi connectivity index (χ1) is 14.6. The molecule has 162 valence electrons. The van der Waals surface area contributed by atoms with Crippen molar-refractivity contribution in [2.45, 2.75) is 39.0 Å². The molecule has 0 aliphatic carbocycles. The van der Waals surface area contributed by atoms with Gasteiger partial charge in [0.1, 0.15) is 0 Å². The topological polar surface area (TPSA) is 74.5 Å². The molecule has 1 aliphatic rings. The summed E-state index contributed by atoms with van der Waals surface area (Å²) in [6.45, 7) is 4.85. The van der Waals surface area contributed by atoms with Gasteiger partial charge in [-0.15, -0.1) is 0 Å². The Morgan fingerprint density at radius 1 is 1.23 bits per heavy atom. The zero-order chi connectivity index (χ0) is 21.3. The quantitative estimate of drug-likeness (QED) is 0.418. The number of aromatic nitrogens is 2. The Kier molecular flexibility index (Phi) is 7.88. The van der Waals surface area contributed by atoms with Crippen molar-refractivity contribution in [3.8, 4) is 5.69 Å². The van der Waals surface area contributed by atoms with Crippen LogP contribution in [0.15, 0.2) is 41.5 Å². The zero-order valence-corrected chi connectivity index (χ0v) is 18.4. The van der Waals surface area contributed by atoms with Crippen LogP contribution in [0.4, 0.5) is 0 Å². The summed E-state index contributed by atoms with van der Waals surface area (Å²) in [5.74, 6) is 1.58. The first kappa shape index (κ1) is 21.9. The van der Waals surface area contributed by atoms with E-state index in [4.69, 9.17) is 0 Å². The van der Waals surface area contributed by atoms with Gasteiger partial charge in [0.25, 0.3) is 0 Å². The van der Waals surface area contributed by atoms with E-state index >= 15 is 0 Å². The second-order valence-electron chi connectivity index (χ2n) is 7.91. The van der Waals surface area contributed by atoms with Crippen molar-refractivity contribution in [1.29, 1.82) is 0 Å². The van der Waals surface area contributed by atoms with Gasteiger partial charge in [0.15, 0.2) is 5.96 Å². The molecule has 2 aromatic rings. The summed E-state index contributed by atoms with van der Waals surface area (Å²) < 4.78 is 1.96. The first-order valence-corrected chi connectivity index (χ1v) is 10.9. The Bertz CT molecular complexity index is 837. The van der Waals surface area contributed by atoms with E-state index in [9.17, 15) is 4.79 Å². The number of nitrogens with one attached hydrogen (secondary N) is 2. The maximum absolute atomic E-state index is 11.6. The fraction of sp³-hybridized carbons (Fsp3) is 0.522. The van der Waals surface area contributed by atoms with Crippen LogP contribution in [0.2, 0.25) is 0 Å². The number of carbonyl (C=O) groups excluding carboxylic acids is 1. The number of nitrogens with zero attached hydrogens (tertiary/aromatic N) is 4. The van der Waals surface area contributed by atoms with Crippen LogP contribution in [0.1, 0.15) is 36.9 Å². The van der Waals surface area contributed by atoms with E-state index in [0.717, 1.165) is 62.7 Å². The van der Waals surface area contributed by atoms with Crippen molar-refractivity contribution in [1.82, 2.24) is 25.3 Å². The molecule has 1 aromatic heterocycles. The second-order valence-corrected chi connectivity index (χ2v) is 7.91. The van der Waals surface area contributed by atoms with E-state index in [1.54, 1.807) is 7.05 Å². The second kappa shape index (κ2) is 10.8. The standard InChI is InChI=1S/C23H34N6O/c1-18-20(17-29(27-18)21-9-5-4-6-10-21)8-7-13-26-23(25-3)28-14-11-19(12-15-28)16-22(30)24-2/h4-6,9-10,17,19H,7-8,11-16H2,1-3H3,(H,24,30)(H,25,26). The van der Waals surface area contributed by atoms with Crippen molar-refractivity contribution in [2.24, 2.45) is 10.9 Å². The smallest absolute Gasteiger partial charge is 0.220 e. The minimum absolute atomic E-state index is 0.141. The highest BCUT2D eigenvalue weighted by Crippen LogP contribution is 2.20. The number of hydrogen-bond acceptors (Lipinski definition) is 3. The first-order valence-electron chi connectivity index (χ1n) is 10.9. The van der Waals surface area contributed by atoms with Crippen molar-refractivity contribution in [2.75, 3.05) is 33.7 Å². The van der Waals surface area contributed by atoms with Crippen LogP contribution in [-0.2, 0) is 11.2 Å². The fourth-order valence-corrected chi connectivity index (χ4v) is 3.98. The third-order valence-electron chi connectivity index (χ3n) is 5.81. The molecule has 0 bridgehead atoms. The molecule has 1 aliphatic heterocycles. The number of para-hydroxylation sites is 1. The van der Waals surface area contributed by atoms with E-state index in [0.29, 0.717) is 12.3 Å². The molecule has 0 unspecified atom stereocenters. The Labute approximate surface area is 179 Å². The van der Waals surface area contributed by atoms with Gasteiger partial charge in [-0.1, -0.05) is 18.2 Å². The molecule has 1 fully saturated rings. The third kappa shape index (κ3) is 5.84. The van der Waals surface area contributed by atoms with E-state index in [-0.39, 0.29) is 5.91 Å². The fourth-order valence-electron chi connectivity index (χ4n) is 3.98. The monoisotopic (exact) mass is 410 g/mol. The molecule has 0 atom stereocenters. The lowest BCUT2D eigenvalue weighted by molar-refractivity contribution is -0.121. The van der Waals surface area contributed by atoms with Crippen molar-refractivity contribution < 1.29 is 4.79 Å². The lowest BCUT2D eigenvalue weighted by Gasteiger charge is -2.34. The van der Waals surface area contributed by atoms with Crippen molar-refractivity contribution in [3.05, 3.63) is 47.8 Å². The van der Waals surface area contributed by atoms with Gasteiger partial charge in [0, 0.05) is 46.3 Å². The molecule has 0 saturated carbocycles. The minimum atomic E-state index is 0.141. The van der Waals surface area contributed by atoms with Crippen LogP contribution < -0.4 is 10.6 Å². The number of amides is 1. The Hall–Kier alpha value is -2.83. The van der Waals surface area contributed by atoms with Crippen LogP contribution in [0.5, 0.6) is 0 Å². The van der Waals surface area contributed by atoms with Gasteiger partial charge in [-0.25, -0.2) is 4.68 Å². The van der Waals surface area contributed by atoms with Crippen LogP contribution in [0.3, 0.4) is 0 Å². The molecule has 7 nitrogen and oxygen atoms in total. The lowest BCUT2D eigenvalue weighted by atomic mass is 9.93. The van der Waals surface area contributed by atoms with Gasteiger partial charge in [-0.05, 0) is 56.2 Å². The molecule has 1 saturated heterocycles. The third-order valence-corrected chi connectivity index (χ3v) is 5.81. The number of guanidine groups is 1. The summed E-state index contributed by atoms with van der Waals surface area (Å²) >= 11 is 0. The average Bonchev–Trinajstić information content (AvgIpc) is 3.15. The van der Waals surface area contributed by atoms with Gasteiger partial charge in [0.2, 0.25) is 5.91 Å². The summed E-state index contributed by atoms with van der Waals surface area (Å²) in [6.07, 6.45) is 6.84. The van der Waals surface area contributed by atoms with Crippen molar-refractivity contribution >= 4 is 11.9 Å². The van der Waals surface area contributed by atoms with E-state index in [1.807, 2.05) is 29.9 Å². The van der Waals surface area contributed by atoms with E-state index in [2.05, 4.69) is 50.9 Å². The maximum atomic E-state index is 11.6. The van der Waals surface area contributed by atoms with Gasteiger partial charge < -0.3 is 15.5 Å². The summed E-state index contributed by atoms with van der Waals surface area (Å²) in [6, 6.07) is 10.2. The highest BCUT2D eigenvalue weighted by molar-refractivity contribution is 5.80. The number of likely N-dealkylation sites (tertiary alicyclic amines) is 1. The average molecular weight is 411 g/mol. The Morgan fingerprint density at radius 2 is 1.97 bits per heavy atom. The molecule has 3 rings (SSSR count). The Balaban J connectivity index is 1.43. The predicted molar refractivity (Wildman–Crippen MR) is 121 cm³/mol. The van der Waals surface area contributed by atoms with E-state index < -0.39 is 0 Å². The zero-order valence-electron chi connectivity index (χ0n) is 18.4. The van der Waals surface area contributed by atoms with Gasteiger partial charge in [0.05, 0.1) is 11.4 Å².